The first-order valence-corrected chi connectivity index (χ1v) is 13.0. The molecule has 180 valence electrons. The minimum atomic E-state index is -1.08. The summed E-state index contributed by atoms with van der Waals surface area (Å²) in [6, 6.07) is 15.8. The quantitative estimate of drug-likeness (QED) is 0.198. The first-order valence-electron chi connectivity index (χ1n) is 11.8. The molecule has 5 nitrogen and oxygen atoms in total. The van der Waals surface area contributed by atoms with Crippen LogP contribution in [0.2, 0.25) is 0 Å². The summed E-state index contributed by atoms with van der Waals surface area (Å²) in [7, 11) is 0. The second-order valence-electron chi connectivity index (χ2n) is 8.28. The van der Waals surface area contributed by atoms with Crippen molar-refractivity contribution in [3.63, 3.8) is 0 Å². The average molecular weight is 498 g/mol. The van der Waals surface area contributed by atoms with Gasteiger partial charge in [-0.25, -0.2) is 4.79 Å². The summed E-state index contributed by atoms with van der Waals surface area (Å²) in [6.07, 6.45) is 9.26. The summed E-state index contributed by atoms with van der Waals surface area (Å²) in [5.41, 5.74) is 1.67. The highest BCUT2D eigenvalue weighted by molar-refractivity contribution is 8.26. The first-order chi connectivity index (χ1) is 16.5. The van der Waals surface area contributed by atoms with Crippen molar-refractivity contribution in [3.05, 3.63) is 70.6 Å². The fraction of sp³-hybridized carbons (Fsp3) is 0.370. The van der Waals surface area contributed by atoms with Crippen LogP contribution in [0.5, 0.6) is 5.75 Å². The molecule has 0 saturated carbocycles. The summed E-state index contributed by atoms with van der Waals surface area (Å²) in [4.78, 5) is 26.7. The molecule has 1 atom stereocenters. The third kappa shape index (κ3) is 7.43. The number of carbonyl (C=O) groups excluding carboxylic acids is 1. The summed E-state index contributed by atoms with van der Waals surface area (Å²) >= 11 is 6.52. The van der Waals surface area contributed by atoms with Gasteiger partial charge < -0.3 is 9.84 Å². The lowest BCUT2D eigenvalue weighted by Crippen LogP contribution is -2.45. The molecule has 1 unspecified atom stereocenters. The maximum atomic E-state index is 13.1. The van der Waals surface area contributed by atoms with E-state index < -0.39 is 12.0 Å². The number of carbonyl (C=O) groups is 2. The highest BCUT2D eigenvalue weighted by Crippen LogP contribution is 2.35. The standard InChI is InChI=1S/C27H31NO4S2/c1-2-3-4-5-6-10-17-32-22-15-13-21(14-16-22)19-24-25(29)28(27(33)34-24)23(26(30)31)18-20-11-8-7-9-12-20/h7-9,11-16,19,23H,2-6,10,17-18H2,1H3,(H,30,31)/b24-19-. The molecule has 1 aliphatic rings. The molecule has 34 heavy (non-hydrogen) atoms. The summed E-state index contributed by atoms with van der Waals surface area (Å²) in [5.74, 6) is -0.651. The summed E-state index contributed by atoms with van der Waals surface area (Å²) < 4.78 is 6.08. The third-order valence-electron chi connectivity index (χ3n) is 5.64. The lowest BCUT2D eigenvalue weighted by molar-refractivity contribution is -0.145. The number of thioether (sulfide) groups is 1. The van der Waals surface area contributed by atoms with Gasteiger partial charge in [0.25, 0.3) is 5.91 Å². The van der Waals surface area contributed by atoms with Crippen molar-refractivity contribution in [3.8, 4) is 5.75 Å². The van der Waals surface area contributed by atoms with Gasteiger partial charge in [0.1, 0.15) is 16.1 Å². The van der Waals surface area contributed by atoms with Gasteiger partial charge in [-0.3, -0.25) is 9.69 Å². The molecule has 1 saturated heterocycles. The Morgan fingerprint density at radius 3 is 2.41 bits per heavy atom. The number of rotatable bonds is 13. The molecule has 0 spiro atoms. The normalized spacial score (nSPS) is 15.7. The van der Waals surface area contributed by atoms with E-state index in [4.69, 9.17) is 17.0 Å². The van der Waals surface area contributed by atoms with Gasteiger partial charge in [-0.15, -0.1) is 0 Å². The van der Waals surface area contributed by atoms with E-state index in [-0.39, 0.29) is 16.6 Å². The molecule has 1 amide bonds. The molecule has 3 rings (SSSR count). The van der Waals surface area contributed by atoms with Crippen molar-refractivity contribution in [1.29, 1.82) is 0 Å². The number of carboxylic acid groups (broad SMARTS) is 1. The molecule has 1 N–H and O–H groups in total. The molecule has 7 heteroatoms. The zero-order valence-electron chi connectivity index (χ0n) is 19.4. The molecular formula is C27H31NO4S2. The molecule has 2 aromatic rings. The Hall–Kier alpha value is -2.64. The van der Waals surface area contributed by atoms with Crippen LogP contribution in [0.1, 0.15) is 56.6 Å². The molecule has 0 aliphatic carbocycles. The van der Waals surface area contributed by atoms with Crippen LogP contribution < -0.4 is 4.74 Å². The van der Waals surface area contributed by atoms with Crippen LogP contribution in [-0.2, 0) is 16.0 Å². The largest absolute Gasteiger partial charge is 0.494 e. The predicted octanol–water partition coefficient (Wildman–Crippen LogP) is 6.32. The van der Waals surface area contributed by atoms with E-state index in [1.807, 2.05) is 54.6 Å². The molecule has 0 bridgehead atoms. The number of benzene rings is 2. The lowest BCUT2D eigenvalue weighted by atomic mass is 10.0. The Morgan fingerprint density at radius 2 is 1.74 bits per heavy atom. The average Bonchev–Trinajstić information content (AvgIpc) is 3.11. The number of carboxylic acids is 1. The molecule has 0 aromatic heterocycles. The van der Waals surface area contributed by atoms with Crippen LogP contribution in [0, 0.1) is 0 Å². The Bertz CT molecular complexity index is 1010. The van der Waals surface area contributed by atoms with Gasteiger partial charge >= 0.3 is 5.97 Å². The van der Waals surface area contributed by atoms with Gasteiger partial charge in [0.15, 0.2) is 0 Å². The van der Waals surface area contributed by atoms with E-state index in [0.29, 0.717) is 11.5 Å². The number of hydrogen-bond acceptors (Lipinski definition) is 5. The first kappa shape index (κ1) is 26.0. The number of unbranched alkanes of at least 4 members (excludes halogenated alkanes) is 5. The zero-order valence-corrected chi connectivity index (χ0v) is 21.1. The Kier molecular flexibility index (Phi) is 10.2. The van der Waals surface area contributed by atoms with Crippen LogP contribution in [0.4, 0.5) is 0 Å². The fourth-order valence-corrected chi connectivity index (χ4v) is 5.12. The molecule has 2 aromatic carbocycles. The van der Waals surface area contributed by atoms with E-state index in [2.05, 4.69) is 6.92 Å². The Morgan fingerprint density at radius 1 is 1.06 bits per heavy atom. The van der Waals surface area contributed by atoms with Crippen LogP contribution in [-0.4, -0.2) is 38.9 Å². The maximum absolute atomic E-state index is 13.1. The van der Waals surface area contributed by atoms with Gasteiger partial charge in [0, 0.05) is 6.42 Å². The lowest BCUT2D eigenvalue weighted by Gasteiger charge is -2.23. The van der Waals surface area contributed by atoms with Crippen molar-refractivity contribution in [2.75, 3.05) is 6.61 Å². The molecule has 1 fully saturated rings. The van der Waals surface area contributed by atoms with E-state index in [9.17, 15) is 14.7 Å². The second kappa shape index (κ2) is 13.3. The van der Waals surface area contributed by atoms with Crippen molar-refractivity contribution in [2.24, 2.45) is 0 Å². The summed E-state index contributed by atoms with van der Waals surface area (Å²) in [6.45, 7) is 2.91. The minimum absolute atomic E-state index is 0.195. The van der Waals surface area contributed by atoms with E-state index >= 15 is 0 Å². The fourth-order valence-electron chi connectivity index (χ4n) is 3.76. The minimum Gasteiger partial charge on any atom is -0.494 e. The number of nitrogens with zero attached hydrogens (tertiary/aromatic N) is 1. The molecule has 1 aliphatic heterocycles. The van der Waals surface area contributed by atoms with Crippen LogP contribution >= 0.6 is 24.0 Å². The van der Waals surface area contributed by atoms with E-state index in [1.165, 1.54) is 37.0 Å². The number of amides is 1. The van der Waals surface area contributed by atoms with Gasteiger partial charge in [-0.1, -0.05) is 105 Å². The van der Waals surface area contributed by atoms with Crippen LogP contribution in [0.3, 0.4) is 0 Å². The topological polar surface area (TPSA) is 66.8 Å². The third-order valence-corrected chi connectivity index (χ3v) is 6.97. The van der Waals surface area contributed by atoms with Crippen LogP contribution in [0.25, 0.3) is 6.08 Å². The molecule has 1 heterocycles. The van der Waals surface area contributed by atoms with Crippen molar-refractivity contribution < 1.29 is 19.4 Å². The van der Waals surface area contributed by atoms with Crippen molar-refractivity contribution >= 4 is 46.3 Å². The number of aliphatic carboxylic acids is 1. The van der Waals surface area contributed by atoms with Crippen molar-refractivity contribution in [2.45, 2.75) is 57.9 Å². The Labute approximate surface area is 211 Å². The van der Waals surface area contributed by atoms with Gasteiger partial charge in [0.2, 0.25) is 0 Å². The highest BCUT2D eigenvalue weighted by atomic mass is 32.2. The second-order valence-corrected chi connectivity index (χ2v) is 9.96. The smallest absolute Gasteiger partial charge is 0.327 e. The molecule has 0 radical (unpaired) electrons. The maximum Gasteiger partial charge on any atom is 0.327 e. The van der Waals surface area contributed by atoms with E-state index in [1.54, 1.807) is 6.08 Å². The van der Waals surface area contributed by atoms with Gasteiger partial charge in [-0.2, -0.15) is 0 Å². The zero-order chi connectivity index (χ0) is 24.3. The number of thiocarbonyl (C=S) groups is 1. The highest BCUT2D eigenvalue weighted by Gasteiger charge is 2.40. The summed E-state index contributed by atoms with van der Waals surface area (Å²) in [5, 5.41) is 9.78. The van der Waals surface area contributed by atoms with E-state index in [0.717, 1.165) is 35.1 Å². The monoisotopic (exact) mass is 497 g/mol. The van der Waals surface area contributed by atoms with Crippen LogP contribution in [0.15, 0.2) is 59.5 Å². The number of hydrogen-bond donors (Lipinski definition) is 1. The predicted molar refractivity (Wildman–Crippen MR) is 142 cm³/mol. The molecular weight excluding hydrogens is 466 g/mol. The van der Waals surface area contributed by atoms with Crippen molar-refractivity contribution in [1.82, 2.24) is 4.90 Å². The van der Waals surface area contributed by atoms with Gasteiger partial charge in [-0.05, 0) is 35.8 Å². The Balaban J connectivity index is 1.59. The number of ether oxygens (including phenoxy) is 1. The SMILES string of the molecule is CCCCCCCCOc1ccc(/C=C2\SC(=S)N(C(Cc3ccccc3)C(=O)O)C2=O)cc1. The van der Waals surface area contributed by atoms with Gasteiger partial charge in [0.05, 0.1) is 11.5 Å².